The van der Waals surface area contributed by atoms with Crippen LogP contribution in [0.1, 0.15) is 214 Å². The lowest BCUT2D eigenvalue weighted by atomic mass is 9.95. The molecule has 5 nitrogen and oxygen atoms in total. The van der Waals surface area contributed by atoms with Crippen LogP contribution in [-0.2, 0) is 13.6 Å². The Morgan fingerprint density at radius 2 is 0.872 bits per heavy atom. The molecule has 1 aliphatic heterocycles. The maximum atomic E-state index is 14.4. The number of unbranched alkanes of at least 4 members (excludes halogenated alkanes) is 16. The molecule has 0 radical (unpaired) electrons. The van der Waals surface area contributed by atoms with Gasteiger partial charge in [0, 0.05) is 6.54 Å². The van der Waals surface area contributed by atoms with Gasteiger partial charge < -0.3 is 4.90 Å². The van der Waals surface area contributed by atoms with Gasteiger partial charge in [-0.05, 0) is 76.4 Å². The minimum Gasteiger partial charge on any atom is -0.303 e. The second-order valence-corrected chi connectivity index (χ2v) is 17.0. The quantitative estimate of drug-likeness (QED) is 0.0532. The molecule has 0 amide bonds. The lowest BCUT2D eigenvalue weighted by molar-refractivity contribution is 0.140. The van der Waals surface area contributed by atoms with Crippen molar-refractivity contribution in [1.29, 1.82) is 0 Å². The normalized spacial score (nSPS) is 17.0. The van der Waals surface area contributed by atoms with E-state index in [-0.39, 0.29) is 0 Å². The summed E-state index contributed by atoms with van der Waals surface area (Å²) in [6.07, 6.45) is 37.2. The Kier molecular flexibility index (Phi) is 31.9. The van der Waals surface area contributed by atoms with Gasteiger partial charge in [0.05, 0.1) is 13.2 Å². The average Bonchev–Trinajstić information content (AvgIpc) is 3.36. The third-order valence-corrected chi connectivity index (χ3v) is 12.1. The molecule has 1 N–H and O–H groups in total. The molecule has 0 aromatic rings. The summed E-state index contributed by atoms with van der Waals surface area (Å²) in [5.41, 5.74) is 0. The summed E-state index contributed by atoms with van der Waals surface area (Å²) in [6.45, 7) is 14.5. The highest BCUT2D eigenvalue weighted by atomic mass is 31.2. The van der Waals surface area contributed by atoms with Gasteiger partial charge in [-0.1, -0.05) is 169 Å². The molecule has 47 heavy (non-hydrogen) atoms. The predicted octanol–water partition coefficient (Wildman–Crippen LogP) is 13.7. The van der Waals surface area contributed by atoms with Crippen LogP contribution < -0.4 is 5.09 Å². The third kappa shape index (κ3) is 27.5. The van der Waals surface area contributed by atoms with Gasteiger partial charge in [-0.25, -0.2) is 9.65 Å². The average molecular weight is 685 g/mol. The highest BCUT2D eigenvalue weighted by Crippen LogP contribution is 2.45. The summed E-state index contributed by atoms with van der Waals surface area (Å²) in [5.74, 6) is 0.948. The van der Waals surface area contributed by atoms with Crippen LogP contribution in [0.5, 0.6) is 0 Å². The Labute approximate surface area is 295 Å². The summed E-state index contributed by atoms with van der Waals surface area (Å²) < 4.78 is 27.3. The molecule has 6 heteroatoms. The van der Waals surface area contributed by atoms with Crippen LogP contribution in [0.2, 0.25) is 0 Å². The van der Waals surface area contributed by atoms with Crippen molar-refractivity contribution >= 4 is 7.75 Å². The van der Waals surface area contributed by atoms with E-state index in [1.807, 2.05) is 0 Å². The minimum absolute atomic E-state index is 0.474. The zero-order valence-electron chi connectivity index (χ0n) is 32.5. The maximum absolute atomic E-state index is 14.4. The Balaban J connectivity index is 2.81. The number of hydrogen-bond donors (Lipinski definition) is 1. The molecule has 0 spiro atoms. The van der Waals surface area contributed by atoms with Crippen molar-refractivity contribution in [2.75, 3.05) is 39.4 Å². The van der Waals surface area contributed by atoms with Gasteiger partial charge in [-0.3, -0.25) is 9.05 Å². The van der Waals surface area contributed by atoms with Crippen LogP contribution in [0.3, 0.4) is 0 Å². The summed E-state index contributed by atoms with van der Waals surface area (Å²) in [5, 5.41) is 3.38. The lowest BCUT2D eigenvalue weighted by Gasteiger charge is -2.26. The molecule has 282 valence electrons. The van der Waals surface area contributed by atoms with Crippen molar-refractivity contribution in [3.8, 4) is 0 Å². The molecule has 0 bridgehead atoms. The van der Waals surface area contributed by atoms with E-state index >= 15 is 0 Å². The fraction of sp³-hybridized carbons (Fsp3) is 1.00. The van der Waals surface area contributed by atoms with E-state index in [0.29, 0.717) is 31.6 Å². The van der Waals surface area contributed by atoms with E-state index in [1.165, 1.54) is 193 Å². The highest BCUT2D eigenvalue weighted by Gasteiger charge is 2.28. The minimum atomic E-state index is -3.37. The summed E-state index contributed by atoms with van der Waals surface area (Å²) in [4.78, 5) is 2.60. The largest absolute Gasteiger partial charge is 0.405 e. The van der Waals surface area contributed by atoms with E-state index < -0.39 is 7.75 Å². The van der Waals surface area contributed by atoms with Gasteiger partial charge in [-0.15, -0.1) is 0 Å². The monoisotopic (exact) mass is 685 g/mol. The maximum Gasteiger partial charge on any atom is 0.405 e. The van der Waals surface area contributed by atoms with Gasteiger partial charge in [0.25, 0.3) is 0 Å². The second kappa shape index (κ2) is 33.2. The first kappa shape index (κ1) is 45.1. The van der Waals surface area contributed by atoms with Crippen molar-refractivity contribution in [1.82, 2.24) is 9.99 Å². The van der Waals surface area contributed by atoms with Crippen molar-refractivity contribution in [3.05, 3.63) is 0 Å². The van der Waals surface area contributed by atoms with Crippen molar-refractivity contribution < 1.29 is 13.6 Å². The van der Waals surface area contributed by atoms with Crippen LogP contribution in [0.15, 0.2) is 0 Å². The molecule has 0 aromatic heterocycles. The fourth-order valence-electron chi connectivity index (χ4n) is 7.18. The first-order valence-electron chi connectivity index (χ1n) is 21.4. The molecule has 0 saturated carbocycles. The molecule has 0 aliphatic carbocycles. The zero-order chi connectivity index (χ0) is 34.1. The molecule has 1 fully saturated rings. The van der Waals surface area contributed by atoms with Crippen molar-refractivity contribution in [2.24, 2.45) is 11.8 Å². The van der Waals surface area contributed by atoms with E-state index in [4.69, 9.17) is 9.05 Å². The van der Waals surface area contributed by atoms with Gasteiger partial charge in [0.15, 0.2) is 0 Å². The van der Waals surface area contributed by atoms with Gasteiger partial charge >= 0.3 is 7.75 Å². The Bertz CT molecular complexity index is 646. The molecule has 1 rings (SSSR count). The Hall–Kier alpha value is 0.0700. The first-order valence-corrected chi connectivity index (χ1v) is 23.0. The van der Waals surface area contributed by atoms with Crippen LogP contribution >= 0.6 is 7.75 Å². The molecule has 1 saturated heterocycles. The molecular weight excluding hydrogens is 599 g/mol. The van der Waals surface area contributed by atoms with E-state index in [9.17, 15) is 4.57 Å². The zero-order valence-corrected chi connectivity index (χ0v) is 33.4. The smallest absolute Gasteiger partial charge is 0.303 e. The summed E-state index contributed by atoms with van der Waals surface area (Å²) in [7, 11) is -3.37. The van der Waals surface area contributed by atoms with Gasteiger partial charge in [-0.2, -0.15) is 0 Å². The lowest BCUT2D eigenvalue weighted by Crippen LogP contribution is -2.28. The fourth-order valence-corrected chi connectivity index (χ4v) is 8.69. The highest BCUT2D eigenvalue weighted by molar-refractivity contribution is 7.51. The van der Waals surface area contributed by atoms with Crippen LogP contribution in [0.25, 0.3) is 0 Å². The van der Waals surface area contributed by atoms with Crippen LogP contribution in [0.4, 0.5) is 0 Å². The SMILES string of the molecule is CCCCCCCCC(CCCCCC)COP(=O)(NCCCN1CCCCCC1)OCC(CCCCCC)CCCCCCCC. The van der Waals surface area contributed by atoms with E-state index in [1.54, 1.807) is 0 Å². The second-order valence-electron chi connectivity index (χ2n) is 15.2. The van der Waals surface area contributed by atoms with E-state index in [0.717, 1.165) is 13.0 Å². The topological polar surface area (TPSA) is 50.8 Å². The molecule has 1 heterocycles. The Morgan fingerprint density at radius 3 is 1.28 bits per heavy atom. The predicted molar refractivity (Wildman–Crippen MR) is 208 cm³/mol. The van der Waals surface area contributed by atoms with Crippen molar-refractivity contribution in [2.45, 2.75) is 214 Å². The molecule has 2 atom stereocenters. The van der Waals surface area contributed by atoms with Crippen LogP contribution in [0, 0.1) is 11.8 Å². The number of hydrogen-bond acceptors (Lipinski definition) is 4. The Morgan fingerprint density at radius 1 is 0.511 bits per heavy atom. The number of nitrogens with one attached hydrogen (secondary N) is 1. The molecule has 0 aromatic carbocycles. The molecular formula is C41H85N2O3P. The standard InChI is InChI=1S/C41H85N2O3P/c1-5-9-13-17-19-25-32-40(30-23-15-11-7-3)38-45-47(44,42-34-29-37-43-35-27-21-22-28-36-43)46-39-41(31-24-16-12-8-4)33-26-20-18-14-10-6-2/h40-41H,5-39H2,1-4H3,(H,42,44). The summed E-state index contributed by atoms with van der Waals surface area (Å²) in [6, 6.07) is 0. The van der Waals surface area contributed by atoms with Crippen LogP contribution in [-0.4, -0.2) is 44.3 Å². The summed E-state index contributed by atoms with van der Waals surface area (Å²) >= 11 is 0. The van der Waals surface area contributed by atoms with Gasteiger partial charge in [0.2, 0.25) is 0 Å². The molecule has 2 unspecified atom stereocenters. The number of nitrogens with zero attached hydrogens (tertiary/aromatic N) is 1. The van der Waals surface area contributed by atoms with E-state index in [2.05, 4.69) is 37.7 Å². The van der Waals surface area contributed by atoms with Gasteiger partial charge in [0.1, 0.15) is 0 Å². The van der Waals surface area contributed by atoms with Crippen molar-refractivity contribution in [3.63, 3.8) is 0 Å². The molecule has 1 aliphatic rings. The first-order chi connectivity index (χ1) is 23.1. The number of likely N-dealkylation sites (tertiary alicyclic amines) is 1. The number of rotatable bonds is 35. The third-order valence-electron chi connectivity index (χ3n) is 10.5.